The minimum absolute atomic E-state index is 0.0402. The molecule has 3 N–H and O–H groups in total. The van der Waals surface area contributed by atoms with Gasteiger partial charge in [-0.1, -0.05) is 11.6 Å². The molecule has 0 radical (unpaired) electrons. The lowest BCUT2D eigenvalue weighted by Gasteiger charge is -2.40. The van der Waals surface area contributed by atoms with E-state index < -0.39 is 12.4 Å². The molecule has 20 heavy (non-hydrogen) atoms. The van der Waals surface area contributed by atoms with Crippen LogP contribution in [0.15, 0.2) is 11.6 Å². The van der Waals surface area contributed by atoms with Crippen LogP contribution in [0, 0.1) is 11.8 Å². The fraction of sp³-hybridized carbons (Fsp3) is 0.867. The standard InChI is InChI=1S/C15H26FN3O/c1-9(2)19-8-11(10-4-3-5-17-7-10)14-12(20)6-13(16)18-15(14)19/h4,9,11-15,17-18,20H,3,5-8H2,1-2H3. The average Bonchev–Trinajstić information content (AvgIpc) is 2.79. The molecule has 4 nitrogen and oxygen atoms in total. The van der Waals surface area contributed by atoms with E-state index in [1.54, 1.807) is 0 Å². The highest BCUT2D eigenvalue weighted by molar-refractivity contribution is 5.19. The van der Waals surface area contributed by atoms with E-state index in [4.69, 9.17) is 0 Å². The fourth-order valence-electron chi connectivity index (χ4n) is 4.05. The second-order valence-electron chi connectivity index (χ2n) is 6.60. The van der Waals surface area contributed by atoms with E-state index in [0.717, 1.165) is 26.1 Å². The van der Waals surface area contributed by atoms with Crippen LogP contribution in [0.2, 0.25) is 0 Å². The number of likely N-dealkylation sites (tertiary alicyclic amines) is 1. The molecule has 2 fully saturated rings. The van der Waals surface area contributed by atoms with Crippen molar-refractivity contribution < 1.29 is 9.50 Å². The van der Waals surface area contributed by atoms with Gasteiger partial charge in [0.25, 0.3) is 0 Å². The van der Waals surface area contributed by atoms with Crippen LogP contribution in [0.25, 0.3) is 0 Å². The number of aliphatic hydroxyl groups is 1. The molecule has 114 valence electrons. The van der Waals surface area contributed by atoms with Gasteiger partial charge in [-0.25, -0.2) is 4.39 Å². The SMILES string of the molecule is CC(C)N1CC(C2=CCCNC2)C2C(O)CC(F)NC21. The van der Waals surface area contributed by atoms with Gasteiger partial charge in [0.05, 0.1) is 12.3 Å². The van der Waals surface area contributed by atoms with Crippen LogP contribution in [-0.2, 0) is 0 Å². The zero-order valence-electron chi connectivity index (χ0n) is 12.3. The number of rotatable bonds is 2. The topological polar surface area (TPSA) is 47.5 Å². The van der Waals surface area contributed by atoms with Crippen LogP contribution >= 0.6 is 0 Å². The number of nitrogens with zero attached hydrogens (tertiary/aromatic N) is 1. The Morgan fingerprint density at radius 2 is 2.25 bits per heavy atom. The Hall–Kier alpha value is -0.490. The summed E-state index contributed by atoms with van der Waals surface area (Å²) in [6, 6.07) is 0.356. The lowest BCUT2D eigenvalue weighted by Crippen LogP contribution is -2.57. The summed E-state index contributed by atoms with van der Waals surface area (Å²) in [6.45, 7) is 7.14. The molecule has 0 amide bonds. The summed E-state index contributed by atoms with van der Waals surface area (Å²) in [5, 5.41) is 16.9. The third kappa shape index (κ3) is 2.52. The van der Waals surface area contributed by atoms with Crippen molar-refractivity contribution in [3.05, 3.63) is 11.6 Å². The van der Waals surface area contributed by atoms with E-state index in [1.165, 1.54) is 5.57 Å². The second-order valence-corrected chi connectivity index (χ2v) is 6.60. The van der Waals surface area contributed by atoms with Gasteiger partial charge in [0, 0.05) is 37.4 Å². The molecule has 0 spiro atoms. The number of alkyl halides is 1. The maximum atomic E-state index is 13.8. The van der Waals surface area contributed by atoms with E-state index in [9.17, 15) is 9.50 Å². The Morgan fingerprint density at radius 3 is 2.90 bits per heavy atom. The molecular formula is C15H26FN3O. The molecule has 2 saturated heterocycles. The van der Waals surface area contributed by atoms with Gasteiger partial charge in [-0.05, 0) is 26.8 Å². The van der Waals surface area contributed by atoms with Crippen molar-refractivity contribution in [2.75, 3.05) is 19.6 Å². The molecule has 5 heteroatoms. The van der Waals surface area contributed by atoms with Crippen LogP contribution in [0.1, 0.15) is 26.7 Å². The maximum absolute atomic E-state index is 13.8. The Morgan fingerprint density at radius 1 is 1.45 bits per heavy atom. The summed E-state index contributed by atoms with van der Waals surface area (Å²) in [7, 11) is 0. The smallest absolute Gasteiger partial charge is 0.154 e. The lowest BCUT2D eigenvalue weighted by atomic mass is 9.79. The molecule has 0 aliphatic carbocycles. The number of nitrogens with one attached hydrogen (secondary N) is 2. The van der Waals surface area contributed by atoms with E-state index in [0.29, 0.717) is 12.0 Å². The van der Waals surface area contributed by atoms with Crippen molar-refractivity contribution in [2.45, 2.75) is 51.3 Å². The molecule has 0 aromatic rings. The number of hydrogen-bond donors (Lipinski definition) is 3. The Labute approximate surface area is 120 Å². The summed E-state index contributed by atoms with van der Waals surface area (Å²) < 4.78 is 13.8. The second kappa shape index (κ2) is 5.72. The molecule has 3 aliphatic heterocycles. The van der Waals surface area contributed by atoms with Crippen molar-refractivity contribution in [1.29, 1.82) is 0 Å². The molecule has 3 rings (SSSR count). The number of hydrogen-bond acceptors (Lipinski definition) is 4. The first-order valence-corrected chi connectivity index (χ1v) is 7.81. The van der Waals surface area contributed by atoms with Crippen LogP contribution < -0.4 is 10.6 Å². The summed E-state index contributed by atoms with van der Waals surface area (Å²) in [5.41, 5.74) is 1.40. The molecule has 5 unspecified atom stereocenters. The molecule has 5 atom stereocenters. The molecule has 0 aromatic heterocycles. The summed E-state index contributed by atoms with van der Waals surface area (Å²) in [5.74, 6) is 0.445. The number of piperidine rings is 1. The van der Waals surface area contributed by atoms with Gasteiger partial charge in [0.15, 0.2) is 6.30 Å². The van der Waals surface area contributed by atoms with Gasteiger partial charge in [0.2, 0.25) is 0 Å². The largest absolute Gasteiger partial charge is 0.393 e. The minimum Gasteiger partial charge on any atom is -0.393 e. The molecule has 0 bridgehead atoms. The van der Waals surface area contributed by atoms with Crippen LogP contribution in [0.3, 0.4) is 0 Å². The van der Waals surface area contributed by atoms with E-state index in [1.807, 2.05) is 0 Å². The van der Waals surface area contributed by atoms with E-state index in [2.05, 4.69) is 35.5 Å². The van der Waals surface area contributed by atoms with Gasteiger partial charge in [0.1, 0.15) is 0 Å². The van der Waals surface area contributed by atoms with Crippen LogP contribution in [0.5, 0.6) is 0 Å². The van der Waals surface area contributed by atoms with Crippen molar-refractivity contribution in [3.63, 3.8) is 0 Å². The minimum atomic E-state index is -1.09. The van der Waals surface area contributed by atoms with Crippen molar-refractivity contribution in [2.24, 2.45) is 11.8 Å². The molecule has 0 saturated carbocycles. The summed E-state index contributed by atoms with van der Waals surface area (Å²) in [4.78, 5) is 2.31. The monoisotopic (exact) mass is 283 g/mol. The molecule has 0 aromatic carbocycles. The maximum Gasteiger partial charge on any atom is 0.154 e. The predicted octanol–water partition coefficient (Wildman–Crippen LogP) is 0.838. The van der Waals surface area contributed by atoms with Gasteiger partial charge < -0.3 is 10.4 Å². The highest BCUT2D eigenvalue weighted by atomic mass is 19.1. The number of halogens is 1. The highest BCUT2D eigenvalue weighted by Gasteiger charge is 2.50. The summed E-state index contributed by atoms with van der Waals surface area (Å²) in [6.07, 6.45) is 1.90. The predicted molar refractivity (Wildman–Crippen MR) is 76.8 cm³/mol. The van der Waals surface area contributed by atoms with Gasteiger partial charge in [-0.15, -0.1) is 0 Å². The van der Waals surface area contributed by atoms with Gasteiger partial charge >= 0.3 is 0 Å². The Balaban J connectivity index is 1.86. The Kier molecular flexibility index (Phi) is 4.13. The third-order valence-electron chi connectivity index (χ3n) is 5.03. The first kappa shape index (κ1) is 14.4. The third-order valence-corrected chi connectivity index (χ3v) is 5.03. The van der Waals surface area contributed by atoms with Crippen molar-refractivity contribution >= 4 is 0 Å². The average molecular weight is 283 g/mol. The zero-order valence-corrected chi connectivity index (χ0v) is 12.3. The van der Waals surface area contributed by atoms with Crippen molar-refractivity contribution in [3.8, 4) is 0 Å². The van der Waals surface area contributed by atoms with Crippen LogP contribution in [-0.4, -0.2) is 54.2 Å². The van der Waals surface area contributed by atoms with E-state index in [-0.39, 0.29) is 18.5 Å². The number of fused-ring (bicyclic) bond motifs is 1. The zero-order chi connectivity index (χ0) is 14.3. The van der Waals surface area contributed by atoms with Crippen molar-refractivity contribution in [1.82, 2.24) is 15.5 Å². The molecule has 3 heterocycles. The Bertz CT molecular complexity index is 387. The summed E-state index contributed by atoms with van der Waals surface area (Å²) >= 11 is 0. The highest BCUT2D eigenvalue weighted by Crippen LogP contribution is 2.41. The van der Waals surface area contributed by atoms with Gasteiger partial charge in [-0.2, -0.15) is 0 Å². The first-order valence-electron chi connectivity index (χ1n) is 7.81. The van der Waals surface area contributed by atoms with E-state index >= 15 is 0 Å². The molecular weight excluding hydrogens is 257 g/mol. The number of aliphatic hydroxyl groups excluding tert-OH is 1. The lowest BCUT2D eigenvalue weighted by molar-refractivity contribution is -0.0285. The quantitative estimate of drug-likeness (QED) is 0.519. The first-order chi connectivity index (χ1) is 9.58. The van der Waals surface area contributed by atoms with Crippen LogP contribution in [0.4, 0.5) is 4.39 Å². The van der Waals surface area contributed by atoms with Gasteiger partial charge in [-0.3, -0.25) is 10.2 Å². The fourth-order valence-corrected chi connectivity index (χ4v) is 4.05. The normalized spacial score (nSPS) is 42.6. The molecule has 3 aliphatic rings.